The van der Waals surface area contributed by atoms with Crippen LogP contribution in [0.15, 0.2) is 30.6 Å². The highest BCUT2D eigenvalue weighted by Crippen LogP contribution is 2.32. The van der Waals surface area contributed by atoms with Crippen molar-refractivity contribution < 1.29 is 13.6 Å². The zero-order chi connectivity index (χ0) is 14.1. The predicted molar refractivity (Wildman–Crippen MR) is 68.0 cm³/mol. The van der Waals surface area contributed by atoms with E-state index in [1.807, 2.05) is 12.1 Å². The van der Waals surface area contributed by atoms with Crippen LogP contribution in [0.25, 0.3) is 0 Å². The number of nitrogens with one attached hydrogen (secondary N) is 1. The van der Waals surface area contributed by atoms with Crippen LogP contribution in [-0.4, -0.2) is 27.3 Å². The van der Waals surface area contributed by atoms with E-state index in [9.17, 15) is 13.6 Å². The highest BCUT2D eigenvalue weighted by molar-refractivity contribution is 5.94. The second kappa shape index (κ2) is 5.03. The van der Waals surface area contributed by atoms with Crippen molar-refractivity contribution in [3.8, 4) is 0 Å². The molecule has 0 spiro atoms. The molecule has 1 N–H and O–H groups in total. The lowest BCUT2D eigenvalue weighted by Crippen LogP contribution is -2.31. The quantitative estimate of drug-likeness (QED) is 0.858. The van der Waals surface area contributed by atoms with Gasteiger partial charge in [0.2, 0.25) is 5.95 Å². The van der Waals surface area contributed by atoms with Gasteiger partial charge < -0.3 is 9.88 Å². The Hall–Kier alpha value is -2.24. The molecule has 0 aromatic carbocycles. The van der Waals surface area contributed by atoms with E-state index in [1.165, 1.54) is 6.07 Å². The molecular formula is C14H13F2N3O. The van der Waals surface area contributed by atoms with Crippen LogP contribution in [0.5, 0.6) is 0 Å². The third-order valence-electron chi connectivity index (χ3n) is 3.57. The molecule has 104 valence electrons. The molecule has 1 aliphatic rings. The molecule has 0 bridgehead atoms. The van der Waals surface area contributed by atoms with Crippen molar-refractivity contribution >= 4 is 5.91 Å². The molecule has 6 heteroatoms. The maximum atomic E-state index is 13.7. The van der Waals surface area contributed by atoms with Crippen LogP contribution in [0.2, 0.25) is 0 Å². The van der Waals surface area contributed by atoms with Crippen molar-refractivity contribution in [2.24, 2.45) is 0 Å². The standard InChI is InChI=1S/C14H13F2N3O/c15-12-9(5-7-18-13(12)16)14(20)19-8-2-4-11(19)10-3-1-6-17-10/h1,3,5-7,11,17H,2,4,8H2. The normalized spacial score (nSPS) is 18.5. The average molecular weight is 277 g/mol. The summed E-state index contributed by atoms with van der Waals surface area (Å²) in [4.78, 5) is 20.2. The van der Waals surface area contributed by atoms with E-state index in [4.69, 9.17) is 0 Å². The van der Waals surface area contributed by atoms with Crippen LogP contribution in [0.1, 0.15) is 34.9 Å². The minimum Gasteiger partial charge on any atom is -0.363 e. The first-order chi connectivity index (χ1) is 9.68. The van der Waals surface area contributed by atoms with E-state index in [0.717, 1.165) is 24.7 Å². The molecule has 0 radical (unpaired) electrons. The number of aromatic amines is 1. The van der Waals surface area contributed by atoms with Crippen molar-refractivity contribution in [2.75, 3.05) is 6.54 Å². The molecular weight excluding hydrogens is 264 g/mol. The molecule has 4 nitrogen and oxygen atoms in total. The Morgan fingerprint density at radius 2 is 2.25 bits per heavy atom. The lowest BCUT2D eigenvalue weighted by Gasteiger charge is -2.24. The van der Waals surface area contributed by atoms with E-state index >= 15 is 0 Å². The summed E-state index contributed by atoms with van der Waals surface area (Å²) in [5.41, 5.74) is 0.641. The van der Waals surface area contributed by atoms with Crippen LogP contribution >= 0.6 is 0 Å². The van der Waals surface area contributed by atoms with E-state index in [0.29, 0.717) is 6.54 Å². The molecule has 1 saturated heterocycles. The Labute approximate surface area is 114 Å². The van der Waals surface area contributed by atoms with Crippen LogP contribution in [0.4, 0.5) is 8.78 Å². The molecule has 1 unspecified atom stereocenters. The lowest BCUT2D eigenvalue weighted by atomic mass is 10.1. The SMILES string of the molecule is O=C(c1ccnc(F)c1F)N1CCCC1c1ccc[nH]1. The molecule has 2 aromatic heterocycles. The minimum absolute atomic E-state index is 0.117. The van der Waals surface area contributed by atoms with Gasteiger partial charge in [0.25, 0.3) is 5.91 Å². The summed E-state index contributed by atoms with van der Waals surface area (Å²) in [5.74, 6) is -2.93. The van der Waals surface area contributed by atoms with Gasteiger partial charge >= 0.3 is 0 Å². The topological polar surface area (TPSA) is 49.0 Å². The van der Waals surface area contributed by atoms with Gasteiger partial charge in [-0.1, -0.05) is 0 Å². The number of halogens is 2. The fourth-order valence-corrected chi connectivity index (χ4v) is 2.62. The Bertz CT molecular complexity index is 627. The number of H-pyrrole nitrogens is 1. The number of pyridine rings is 1. The second-order valence-corrected chi connectivity index (χ2v) is 4.75. The summed E-state index contributed by atoms with van der Waals surface area (Å²) in [6.45, 7) is 0.534. The first kappa shape index (κ1) is 12.8. The van der Waals surface area contributed by atoms with Gasteiger partial charge in [0.15, 0.2) is 5.82 Å². The second-order valence-electron chi connectivity index (χ2n) is 4.75. The molecule has 1 atom stereocenters. The van der Waals surface area contributed by atoms with Crippen LogP contribution in [0.3, 0.4) is 0 Å². The Balaban J connectivity index is 1.92. The number of hydrogen-bond acceptors (Lipinski definition) is 2. The number of amides is 1. The van der Waals surface area contributed by atoms with Crippen molar-refractivity contribution in [1.29, 1.82) is 0 Å². The van der Waals surface area contributed by atoms with E-state index in [1.54, 1.807) is 11.1 Å². The van der Waals surface area contributed by atoms with Gasteiger partial charge in [-0.3, -0.25) is 4.79 Å². The molecule has 0 aliphatic carbocycles. The lowest BCUT2D eigenvalue weighted by molar-refractivity contribution is 0.0727. The summed E-state index contributed by atoms with van der Waals surface area (Å²) in [6, 6.07) is 4.83. The maximum Gasteiger partial charge on any atom is 0.257 e. The summed E-state index contributed by atoms with van der Waals surface area (Å²) in [7, 11) is 0. The predicted octanol–water partition coefficient (Wildman–Crippen LogP) is 2.67. The molecule has 3 heterocycles. The van der Waals surface area contributed by atoms with E-state index < -0.39 is 17.7 Å². The number of nitrogens with zero attached hydrogens (tertiary/aromatic N) is 2. The van der Waals surface area contributed by atoms with Crippen LogP contribution in [-0.2, 0) is 0 Å². The first-order valence-electron chi connectivity index (χ1n) is 6.42. The number of likely N-dealkylation sites (tertiary alicyclic amines) is 1. The Morgan fingerprint density at radius 3 is 3.00 bits per heavy atom. The minimum atomic E-state index is -1.24. The first-order valence-corrected chi connectivity index (χ1v) is 6.42. The Morgan fingerprint density at radius 1 is 1.40 bits per heavy atom. The highest BCUT2D eigenvalue weighted by atomic mass is 19.2. The largest absolute Gasteiger partial charge is 0.363 e. The van der Waals surface area contributed by atoms with E-state index in [2.05, 4.69) is 9.97 Å². The van der Waals surface area contributed by atoms with Gasteiger partial charge in [-0.15, -0.1) is 0 Å². The van der Waals surface area contributed by atoms with Crippen molar-refractivity contribution in [3.63, 3.8) is 0 Å². The summed E-state index contributed by atoms with van der Waals surface area (Å²) < 4.78 is 26.8. The number of hydrogen-bond donors (Lipinski definition) is 1. The molecule has 1 amide bonds. The monoisotopic (exact) mass is 277 g/mol. The number of carbonyl (C=O) groups excluding carboxylic acids is 1. The van der Waals surface area contributed by atoms with Gasteiger partial charge in [0.1, 0.15) is 0 Å². The molecule has 0 saturated carbocycles. The van der Waals surface area contributed by atoms with Crippen molar-refractivity contribution in [1.82, 2.24) is 14.9 Å². The van der Waals surface area contributed by atoms with Crippen LogP contribution < -0.4 is 0 Å². The molecule has 2 aromatic rings. The average Bonchev–Trinajstić information content (AvgIpc) is 3.10. The van der Waals surface area contributed by atoms with E-state index in [-0.39, 0.29) is 11.6 Å². The van der Waals surface area contributed by atoms with Gasteiger partial charge in [-0.05, 0) is 31.0 Å². The summed E-state index contributed by atoms with van der Waals surface area (Å²) >= 11 is 0. The third-order valence-corrected chi connectivity index (χ3v) is 3.57. The van der Waals surface area contributed by atoms with Gasteiger partial charge in [-0.2, -0.15) is 4.39 Å². The number of rotatable bonds is 2. The van der Waals surface area contributed by atoms with Gasteiger partial charge in [0.05, 0.1) is 11.6 Å². The summed E-state index contributed by atoms with van der Waals surface area (Å²) in [6.07, 6.45) is 4.53. The number of aromatic nitrogens is 2. The molecule has 20 heavy (non-hydrogen) atoms. The van der Waals surface area contributed by atoms with Crippen molar-refractivity contribution in [2.45, 2.75) is 18.9 Å². The summed E-state index contributed by atoms with van der Waals surface area (Å²) in [5, 5.41) is 0. The van der Waals surface area contributed by atoms with Crippen LogP contribution in [0, 0.1) is 11.8 Å². The highest BCUT2D eigenvalue weighted by Gasteiger charge is 2.32. The zero-order valence-corrected chi connectivity index (χ0v) is 10.6. The van der Waals surface area contributed by atoms with Gasteiger partial charge in [0, 0.05) is 24.6 Å². The molecule has 3 rings (SSSR count). The van der Waals surface area contributed by atoms with Gasteiger partial charge in [-0.25, -0.2) is 9.37 Å². The smallest absolute Gasteiger partial charge is 0.257 e. The maximum absolute atomic E-state index is 13.7. The fraction of sp³-hybridized carbons (Fsp3) is 0.286. The number of carbonyl (C=O) groups is 1. The fourth-order valence-electron chi connectivity index (χ4n) is 2.62. The third kappa shape index (κ3) is 2.07. The molecule has 1 fully saturated rings. The molecule has 1 aliphatic heterocycles. The Kier molecular flexibility index (Phi) is 3.22. The zero-order valence-electron chi connectivity index (χ0n) is 10.6. The van der Waals surface area contributed by atoms with Crippen molar-refractivity contribution in [3.05, 3.63) is 53.6 Å².